The van der Waals surface area contributed by atoms with E-state index in [1.807, 2.05) is 19.1 Å². The van der Waals surface area contributed by atoms with Crippen molar-refractivity contribution in [2.24, 2.45) is 0 Å². The van der Waals surface area contributed by atoms with Crippen molar-refractivity contribution in [1.82, 2.24) is 4.57 Å². The maximum absolute atomic E-state index is 12.8. The third-order valence-corrected chi connectivity index (χ3v) is 4.59. The number of pyridine rings is 1. The summed E-state index contributed by atoms with van der Waals surface area (Å²) < 4.78 is 12.1. The van der Waals surface area contributed by atoms with Crippen molar-refractivity contribution in [3.05, 3.63) is 92.9 Å². The first-order valence-corrected chi connectivity index (χ1v) is 8.98. The van der Waals surface area contributed by atoms with Crippen LogP contribution in [-0.4, -0.2) is 17.6 Å². The lowest BCUT2D eigenvalue weighted by molar-refractivity contribution is 0.0600. The molecule has 0 amide bonds. The SMILES string of the molecule is COC(=O)c1ccc(C)c(-n2c(C)cc(OCc3ccccc3C#N)cc2=O)c1. The van der Waals surface area contributed by atoms with E-state index in [0.29, 0.717) is 28.3 Å². The van der Waals surface area contributed by atoms with Crippen molar-refractivity contribution >= 4 is 5.97 Å². The summed E-state index contributed by atoms with van der Waals surface area (Å²) >= 11 is 0. The largest absolute Gasteiger partial charge is 0.489 e. The molecule has 0 aliphatic rings. The zero-order valence-electron chi connectivity index (χ0n) is 16.4. The van der Waals surface area contributed by atoms with Crippen LogP contribution in [0.15, 0.2) is 59.4 Å². The Kier molecular flexibility index (Phi) is 5.79. The minimum absolute atomic E-state index is 0.184. The van der Waals surface area contributed by atoms with E-state index >= 15 is 0 Å². The molecule has 0 radical (unpaired) electrons. The number of hydrogen-bond donors (Lipinski definition) is 0. The van der Waals surface area contributed by atoms with Gasteiger partial charge in [0.05, 0.1) is 30.0 Å². The quantitative estimate of drug-likeness (QED) is 0.623. The average Bonchev–Trinajstić information content (AvgIpc) is 2.72. The molecule has 0 atom stereocenters. The number of carbonyl (C=O) groups is 1. The van der Waals surface area contributed by atoms with Crippen LogP contribution in [0.25, 0.3) is 5.69 Å². The van der Waals surface area contributed by atoms with Gasteiger partial charge in [-0.3, -0.25) is 9.36 Å². The summed E-state index contributed by atoms with van der Waals surface area (Å²) in [6.07, 6.45) is 0. The van der Waals surface area contributed by atoms with E-state index in [4.69, 9.17) is 9.47 Å². The zero-order chi connectivity index (χ0) is 21.0. The van der Waals surface area contributed by atoms with Crippen molar-refractivity contribution in [2.75, 3.05) is 7.11 Å². The number of benzene rings is 2. The molecule has 0 aliphatic heterocycles. The number of aromatic nitrogens is 1. The highest BCUT2D eigenvalue weighted by Gasteiger charge is 2.13. The predicted octanol–water partition coefficient (Wildman–Crippen LogP) is 3.69. The van der Waals surface area contributed by atoms with Crippen molar-refractivity contribution < 1.29 is 14.3 Å². The zero-order valence-corrected chi connectivity index (χ0v) is 16.4. The summed E-state index contributed by atoms with van der Waals surface area (Å²) in [6, 6.07) is 17.5. The third-order valence-electron chi connectivity index (χ3n) is 4.59. The maximum Gasteiger partial charge on any atom is 0.337 e. The molecule has 3 aromatic rings. The number of nitrogens with zero attached hydrogens (tertiary/aromatic N) is 2. The van der Waals surface area contributed by atoms with Crippen molar-refractivity contribution in [1.29, 1.82) is 5.26 Å². The minimum atomic E-state index is -0.465. The van der Waals surface area contributed by atoms with E-state index in [0.717, 1.165) is 11.1 Å². The van der Waals surface area contributed by atoms with Gasteiger partial charge in [0.15, 0.2) is 0 Å². The van der Waals surface area contributed by atoms with E-state index in [2.05, 4.69) is 6.07 Å². The number of esters is 1. The van der Waals surface area contributed by atoms with Gasteiger partial charge < -0.3 is 9.47 Å². The van der Waals surface area contributed by atoms with Crippen molar-refractivity contribution in [3.8, 4) is 17.5 Å². The van der Waals surface area contributed by atoms with Crippen LogP contribution in [0.2, 0.25) is 0 Å². The van der Waals surface area contributed by atoms with Crippen molar-refractivity contribution in [3.63, 3.8) is 0 Å². The summed E-state index contributed by atoms with van der Waals surface area (Å²) in [4.78, 5) is 24.7. The number of hydrogen-bond acceptors (Lipinski definition) is 5. The Labute approximate surface area is 168 Å². The Morgan fingerprint density at radius 3 is 2.55 bits per heavy atom. The van der Waals surface area contributed by atoms with Crippen LogP contribution in [-0.2, 0) is 11.3 Å². The van der Waals surface area contributed by atoms with Crippen LogP contribution in [0.4, 0.5) is 0 Å². The minimum Gasteiger partial charge on any atom is -0.489 e. The van der Waals surface area contributed by atoms with Gasteiger partial charge >= 0.3 is 5.97 Å². The second-order valence-corrected chi connectivity index (χ2v) is 6.56. The Morgan fingerprint density at radius 1 is 1.10 bits per heavy atom. The smallest absolute Gasteiger partial charge is 0.337 e. The summed E-state index contributed by atoms with van der Waals surface area (Å²) in [6.45, 7) is 3.84. The topological polar surface area (TPSA) is 81.3 Å². The third kappa shape index (κ3) is 4.19. The summed E-state index contributed by atoms with van der Waals surface area (Å²) in [7, 11) is 1.32. The Morgan fingerprint density at radius 2 is 1.86 bits per heavy atom. The molecule has 0 unspecified atom stereocenters. The molecule has 6 heteroatoms. The number of nitriles is 1. The Bertz CT molecular complexity index is 1170. The molecule has 0 spiro atoms. The highest BCUT2D eigenvalue weighted by Crippen LogP contribution is 2.20. The monoisotopic (exact) mass is 388 g/mol. The summed E-state index contributed by atoms with van der Waals surface area (Å²) in [5.74, 6) is -0.0497. The molecular formula is C23H20N2O4. The molecule has 1 heterocycles. The van der Waals surface area contributed by atoms with Crippen LogP contribution in [0.1, 0.15) is 32.7 Å². The molecule has 146 valence electrons. The Balaban J connectivity index is 1.94. The number of rotatable bonds is 5. The molecule has 0 aliphatic carbocycles. The van der Waals surface area contributed by atoms with E-state index in [-0.39, 0.29) is 12.2 Å². The molecule has 3 rings (SSSR count). The van der Waals surface area contributed by atoms with E-state index in [1.54, 1.807) is 43.3 Å². The molecule has 0 fully saturated rings. The number of ether oxygens (including phenoxy) is 2. The first-order valence-electron chi connectivity index (χ1n) is 8.98. The van der Waals surface area contributed by atoms with Gasteiger partial charge in [-0.1, -0.05) is 24.3 Å². The summed E-state index contributed by atoms with van der Waals surface area (Å²) in [5.41, 5.74) is 3.49. The van der Waals surface area contributed by atoms with Gasteiger partial charge in [0.2, 0.25) is 0 Å². The molecule has 29 heavy (non-hydrogen) atoms. The molecule has 0 N–H and O–H groups in total. The molecule has 6 nitrogen and oxygen atoms in total. The fourth-order valence-corrected chi connectivity index (χ4v) is 3.08. The van der Waals surface area contributed by atoms with Gasteiger partial charge in [-0.05, 0) is 37.6 Å². The van der Waals surface area contributed by atoms with Crippen molar-refractivity contribution in [2.45, 2.75) is 20.5 Å². The normalized spacial score (nSPS) is 10.3. The molecule has 1 aromatic heterocycles. The second-order valence-electron chi connectivity index (χ2n) is 6.56. The fourth-order valence-electron chi connectivity index (χ4n) is 3.08. The van der Waals surface area contributed by atoms with Gasteiger partial charge in [-0.25, -0.2) is 4.79 Å². The van der Waals surface area contributed by atoms with Gasteiger partial charge in [0, 0.05) is 23.4 Å². The molecule has 0 bridgehead atoms. The van der Waals surface area contributed by atoms with Gasteiger partial charge in [-0.2, -0.15) is 5.26 Å². The van der Waals surface area contributed by atoms with E-state index < -0.39 is 5.97 Å². The maximum atomic E-state index is 12.8. The van der Waals surface area contributed by atoms with Gasteiger partial charge in [0.1, 0.15) is 12.4 Å². The lowest BCUT2D eigenvalue weighted by atomic mass is 10.1. The standard InChI is InChI=1S/C23H20N2O4/c1-15-8-9-17(23(27)28-3)11-21(15)25-16(2)10-20(12-22(25)26)29-14-19-7-5-4-6-18(19)13-24/h4-12H,14H2,1-3H3. The molecular weight excluding hydrogens is 368 g/mol. The molecule has 2 aromatic carbocycles. The number of carbonyl (C=O) groups excluding carboxylic acids is 1. The van der Waals surface area contributed by atoms with Crippen LogP contribution >= 0.6 is 0 Å². The molecule has 0 saturated heterocycles. The first kappa shape index (κ1) is 19.9. The van der Waals surface area contributed by atoms with Crippen LogP contribution < -0.4 is 10.3 Å². The van der Waals surface area contributed by atoms with Gasteiger partial charge in [-0.15, -0.1) is 0 Å². The summed E-state index contributed by atoms with van der Waals surface area (Å²) in [5, 5.41) is 9.18. The Hall–Kier alpha value is -3.85. The van der Waals surface area contributed by atoms with Crippen LogP contribution in [0.5, 0.6) is 5.75 Å². The predicted molar refractivity (Wildman–Crippen MR) is 108 cm³/mol. The lowest BCUT2D eigenvalue weighted by Crippen LogP contribution is -2.21. The van der Waals surface area contributed by atoms with Crippen LogP contribution in [0.3, 0.4) is 0 Å². The highest BCUT2D eigenvalue weighted by molar-refractivity contribution is 5.90. The average molecular weight is 388 g/mol. The first-order chi connectivity index (χ1) is 13.9. The lowest BCUT2D eigenvalue weighted by Gasteiger charge is -2.15. The number of aryl methyl sites for hydroxylation is 2. The van der Waals surface area contributed by atoms with E-state index in [1.165, 1.54) is 17.7 Å². The van der Waals surface area contributed by atoms with Gasteiger partial charge in [0.25, 0.3) is 5.56 Å². The van der Waals surface area contributed by atoms with Crippen LogP contribution in [0, 0.1) is 25.2 Å². The molecule has 0 saturated carbocycles. The second kappa shape index (κ2) is 8.44. The fraction of sp³-hybridized carbons (Fsp3) is 0.174. The highest BCUT2D eigenvalue weighted by atomic mass is 16.5. The number of methoxy groups -OCH3 is 1. The van der Waals surface area contributed by atoms with E-state index in [9.17, 15) is 14.9 Å².